The van der Waals surface area contributed by atoms with E-state index in [2.05, 4.69) is 25.3 Å². The molecular formula is C23H21F3N8O2. The van der Waals surface area contributed by atoms with Gasteiger partial charge in [0, 0.05) is 24.8 Å². The fourth-order valence-corrected chi connectivity index (χ4v) is 4.68. The second-order valence-corrected chi connectivity index (χ2v) is 9.30. The molecule has 1 aliphatic heterocycles. The van der Waals surface area contributed by atoms with Gasteiger partial charge in [0.2, 0.25) is 0 Å². The lowest BCUT2D eigenvalue weighted by molar-refractivity contribution is -0.143. The van der Waals surface area contributed by atoms with E-state index < -0.39 is 23.2 Å². The van der Waals surface area contributed by atoms with E-state index in [4.69, 9.17) is 5.73 Å². The number of alkyl halides is 3. The smallest absolute Gasteiger partial charge is 0.383 e. The summed E-state index contributed by atoms with van der Waals surface area (Å²) in [5, 5.41) is 18.7. The van der Waals surface area contributed by atoms with E-state index in [0.717, 1.165) is 6.07 Å². The molecule has 6 rings (SSSR count). The highest BCUT2D eigenvalue weighted by Gasteiger charge is 2.50. The molecule has 1 saturated carbocycles. The molecule has 0 spiro atoms. The van der Waals surface area contributed by atoms with Crippen molar-refractivity contribution < 1.29 is 23.1 Å². The van der Waals surface area contributed by atoms with Crippen LogP contribution in [0.3, 0.4) is 0 Å². The SMILES string of the molecule is Nc1ncc(-c2ccc3ncc4nnn(C5CCN(C(=O)C6(O)CC6)CC5)c4c3n2)cc1C(F)(F)F. The molecule has 2 aliphatic rings. The first-order chi connectivity index (χ1) is 17.1. The number of aromatic nitrogens is 6. The number of hydrogen-bond donors (Lipinski definition) is 2. The third kappa shape index (κ3) is 3.70. The maximum atomic E-state index is 13.4. The quantitative estimate of drug-likeness (QED) is 0.440. The fourth-order valence-electron chi connectivity index (χ4n) is 4.68. The summed E-state index contributed by atoms with van der Waals surface area (Å²) in [7, 11) is 0. The van der Waals surface area contributed by atoms with Gasteiger partial charge in [0.15, 0.2) is 0 Å². The molecule has 1 aliphatic carbocycles. The zero-order valence-electron chi connectivity index (χ0n) is 18.9. The third-order valence-corrected chi connectivity index (χ3v) is 6.88. The first-order valence-corrected chi connectivity index (χ1v) is 11.5. The van der Waals surface area contributed by atoms with Gasteiger partial charge in [-0.15, -0.1) is 5.10 Å². The fraction of sp³-hybridized carbons (Fsp3) is 0.391. The van der Waals surface area contributed by atoms with Crippen molar-refractivity contribution in [2.24, 2.45) is 0 Å². The van der Waals surface area contributed by atoms with Crippen LogP contribution in [0.1, 0.15) is 37.3 Å². The van der Waals surface area contributed by atoms with Gasteiger partial charge >= 0.3 is 6.18 Å². The van der Waals surface area contributed by atoms with Gasteiger partial charge in [0.25, 0.3) is 5.91 Å². The van der Waals surface area contributed by atoms with Crippen molar-refractivity contribution in [3.8, 4) is 11.3 Å². The molecule has 0 bridgehead atoms. The molecule has 2 fully saturated rings. The number of amides is 1. The van der Waals surface area contributed by atoms with Crippen molar-refractivity contribution in [3.05, 3.63) is 36.2 Å². The summed E-state index contributed by atoms with van der Waals surface area (Å²) in [6.07, 6.45) is 0.410. The number of pyridine rings is 3. The molecule has 186 valence electrons. The first-order valence-electron chi connectivity index (χ1n) is 11.5. The predicted octanol–water partition coefficient (Wildman–Crippen LogP) is 2.73. The van der Waals surface area contributed by atoms with Gasteiger partial charge < -0.3 is 15.7 Å². The predicted molar refractivity (Wildman–Crippen MR) is 122 cm³/mol. The topological polar surface area (TPSA) is 136 Å². The van der Waals surface area contributed by atoms with Crippen LogP contribution in [0.2, 0.25) is 0 Å². The third-order valence-electron chi connectivity index (χ3n) is 6.88. The second kappa shape index (κ2) is 7.82. The van der Waals surface area contributed by atoms with Gasteiger partial charge in [-0.1, -0.05) is 5.21 Å². The molecule has 0 aromatic carbocycles. The molecular weight excluding hydrogens is 477 g/mol. The van der Waals surface area contributed by atoms with Crippen LogP contribution < -0.4 is 5.73 Å². The van der Waals surface area contributed by atoms with Crippen LogP contribution >= 0.6 is 0 Å². The Balaban J connectivity index is 1.37. The highest BCUT2D eigenvalue weighted by Crippen LogP contribution is 2.39. The number of piperidine rings is 1. The number of carbonyl (C=O) groups is 1. The average molecular weight is 498 g/mol. The lowest BCUT2D eigenvalue weighted by Gasteiger charge is -2.33. The van der Waals surface area contributed by atoms with Crippen molar-refractivity contribution in [2.75, 3.05) is 18.8 Å². The largest absolute Gasteiger partial charge is 0.419 e. The monoisotopic (exact) mass is 498 g/mol. The Bertz CT molecular complexity index is 1510. The van der Waals surface area contributed by atoms with Crippen LogP contribution in [0.25, 0.3) is 33.3 Å². The number of likely N-dealkylation sites (tertiary alicyclic amines) is 1. The standard InChI is InChI=1S/C23H21F3N8O2/c24-23(25,26)14-9-12(10-29-20(14)27)15-1-2-16-18(30-15)19-17(11-28-16)31-32-34(19)13-3-7-33(8-4-13)21(35)22(36)5-6-22/h1-2,9-11,13,36H,3-8H2,(H2,27,29). The van der Waals surface area contributed by atoms with E-state index in [1.165, 1.54) is 6.20 Å². The van der Waals surface area contributed by atoms with Crippen LogP contribution in [0.15, 0.2) is 30.6 Å². The number of fused-ring (bicyclic) bond motifs is 3. The van der Waals surface area contributed by atoms with Gasteiger partial charge in [-0.05, 0) is 43.9 Å². The lowest BCUT2D eigenvalue weighted by atomic mass is 10.0. The Morgan fingerprint density at radius 3 is 2.56 bits per heavy atom. The molecule has 1 saturated heterocycles. The van der Waals surface area contributed by atoms with Crippen molar-refractivity contribution in [1.82, 2.24) is 34.8 Å². The Morgan fingerprint density at radius 2 is 1.86 bits per heavy atom. The van der Waals surface area contributed by atoms with E-state index in [-0.39, 0.29) is 23.2 Å². The number of halogens is 3. The number of carbonyl (C=O) groups excluding carboxylic acids is 1. The van der Waals surface area contributed by atoms with Gasteiger partial charge in [0.05, 0.1) is 29.0 Å². The zero-order chi connectivity index (χ0) is 25.2. The summed E-state index contributed by atoms with van der Waals surface area (Å²) < 4.78 is 41.8. The van der Waals surface area contributed by atoms with E-state index in [1.807, 2.05) is 0 Å². The molecule has 10 nitrogen and oxygen atoms in total. The molecule has 0 unspecified atom stereocenters. The normalized spacial score (nSPS) is 18.2. The minimum atomic E-state index is -4.65. The molecule has 5 heterocycles. The van der Waals surface area contributed by atoms with Crippen LogP contribution in [-0.4, -0.2) is 64.5 Å². The Hall–Kier alpha value is -3.87. The van der Waals surface area contributed by atoms with Crippen molar-refractivity contribution in [3.63, 3.8) is 0 Å². The minimum Gasteiger partial charge on any atom is -0.383 e. The summed E-state index contributed by atoms with van der Waals surface area (Å²) in [5.41, 5.74) is 5.78. The molecule has 0 atom stereocenters. The molecule has 4 aromatic rings. The number of aliphatic hydroxyl groups is 1. The number of nitrogen functional groups attached to an aromatic ring is 1. The summed E-state index contributed by atoms with van der Waals surface area (Å²) >= 11 is 0. The number of anilines is 1. The van der Waals surface area contributed by atoms with Crippen LogP contribution in [0.5, 0.6) is 0 Å². The number of rotatable bonds is 3. The van der Waals surface area contributed by atoms with E-state index in [1.54, 1.807) is 27.9 Å². The molecule has 13 heteroatoms. The van der Waals surface area contributed by atoms with Gasteiger partial charge in [-0.25, -0.2) is 14.6 Å². The lowest BCUT2D eigenvalue weighted by Crippen LogP contribution is -2.45. The zero-order valence-corrected chi connectivity index (χ0v) is 18.9. The molecule has 0 radical (unpaired) electrons. The van der Waals surface area contributed by atoms with E-state index in [9.17, 15) is 23.1 Å². The second-order valence-electron chi connectivity index (χ2n) is 9.30. The van der Waals surface area contributed by atoms with Crippen molar-refractivity contribution in [1.29, 1.82) is 0 Å². The molecule has 3 N–H and O–H groups in total. The van der Waals surface area contributed by atoms with Gasteiger partial charge in [-0.2, -0.15) is 13.2 Å². The van der Waals surface area contributed by atoms with Crippen LogP contribution in [0, 0.1) is 0 Å². The first kappa shape index (κ1) is 22.6. The maximum absolute atomic E-state index is 13.4. The maximum Gasteiger partial charge on any atom is 0.419 e. The molecule has 4 aromatic heterocycles. The highest BCUT2D eigenvalue weighted by atomic mass is 19.4. The van der Waals surface area contributed by atoms with Crippen LogP contribution in [-0.2, 0) is 11.0 Å². The Labute approximate surface area is 201 Å². The average Bonchev–Trinajstić information content (AvgIpc) is 3.47. The summed E-state index contributed by atoms with van der Waals surface area (Å²) in [5.74, 6) is -0.822. The van der Waals surface area contributed by atoms with Crippen LogP contribution in [0.4, 0.5) is 19.0 Å². The van der Waals surface area contributed by atoms with E-state index >= 15 is 0 Å². The Kier molecular flexibility index (Phi) is 4.90. The molecule has 36 heavy (non-hydrogen) atoms. The summed E-state index contributed by atoms with van der Waals surface area (Å²) in [4.78, 5) is 26.9. The Morgan fingerprint density at radius 1 is 1.11 bits per heavy atom. The summed E-state index contributed by atoms with van der Waals surface area (Å²) in [6.45, 7) is 0.957. The van der Waals surface area contributed by atoms with Crippen molar-refractivity contribution >= 4 is 33.8 Å². The molecule has 1 amide bonds. The van der Waals surface area contributed by atoms with Crippen molar-refractivity contribution in [2.45, 2.75) is 43.5 Å². The summed E-state index contributed by atoms with van der Waals surface area (Å²) in [6, 6.07) is 4.12. The number of nitrogens with zero attached hydrogens (tertiary/aromatic N) is 7. The minimum absolute atomic E-state index is 0.0704. The highest BCUT2D eigenvalue weighted by molar-refractivity contribution is 5.99. The number of hydrogen-bond acceptors (Lipinski definition) is 8. The van der Waals surface area contributed by atoms with Gasteiger partial charge in [0.1, 0.15) is 28.0 Å². The van der Waals surface area contributed by atoms with E-state index in [0.29, 0.717) is 60.8 Å². The van der Waals surface area contributed by atoms with Gasteiger partial charge in [-0.3, -0.25) is 9.78 Å². The number of nitrogens with two attached hydrogens (primary N) is 1.